The number of aliphatic hydroxyl groups excluding tert-OH is 1. The van der Waals surface area contributed by atoms with Crippen molar-refractivity contribution < 1.29 is 14.6 Å². The number of halogens is 3. The molecule has 0 aliphatic rings. The molecule has 0 radical (unpaired) electrons. The van der Waals surface area contributed by atoms with Gasteiger partial charge in [-0.2, -0.15) is 0 Å². The molecule has 0 atom stereocenters. The lowest BCUT2D eigenvalue weighted by Gasteiger charge is -2.14. The summed E-state index contributed by atoms with van der Waals surface area (Å²) in [5, 5.41) is 15.9. The van der Waals surface area contributed by atoms with Crippen LogP contribution in [0.2, 0.25) is 5.02 Å². The predicted octanol–water partition coefficient (Wildman–Crippen LogP) is 3.83. The zero-order chi connectivity index (χ0) is 18.6. The monoisotopic (exact) mass is 450 g/mol. The van der Waals surface area contributed by atoms with Gasteiger partial charge in [-0.05, 0) is 42.3 Å². The Morgan fingerprint density at radius 2 is 1.54 bits per heavy atom. The van der Waals surface area contributed by atoms with E-state index < -0.39 is 0 Å². The summed E-state index contributed by atoms with van der Waals surface area (Å²) in [4.78, 5) is 0. The second-order valence-electron chi connectivity index (χ2n) is 5.78. The minimum Gasteiger partial charge on any atom is -0.490 e. The van der Waals surface area contributed by atoms with Crippen LogP contribution >= 0.6 is 36.4 Å². The van der Waals surface area contributed by atoms with Crippen LogP contribution in [0, 0.1) is 0 Å². The summed E-state index contributed by atoms with van der Waals surface area (Å²) >= 11 is 5.91. The van der Waals surface area contributed by atoms with Crippen molar-refractivity contribution in [2.75, 3.05) is 32.8 Å². The van der Waals surface area contributed by atoms with Gasteiger partial charge in [-0.25, -0.2) is 0 Å². The van der Waals surface area contributed by atoms with E-state index in [2.05, 4.69) is 10.6 Å². The third kappa shape index (κ3) is 9.82. The Balaban J connectivity index is 0.00000364. The lowest BCUT2D eigenvalue weighted by Crippen LogP contribution is -2.28. The first kappa shape index (κ1) is 26.8. The standard InChI is InChI=1S/C20H27ClN2O3.2ClH/c1-2-25-20-13-17(14-23-10-9-22-11-12-24)5-8-19(20)26-15-16-3-6-18(21)7-4-16;;/h3-8,13,22-24H,2,9-12,14-15H2,1H3;2*1H. The molecule has 8 heteroatoms. The fourth-order valence-corrected chi connectivity index (χ4v) is 2.53. The topological polar surface area (TPSA) is 62.8 Å². The summed E-state index contributed by atoms with van der Waals surface area (Å²) in [6, 6.07) is 13.6. The van der Waals surface area contributed by atoms with Gasteiger partial charge in [0.15, 0.2) is 11.5 Å². The van der Waals surface area contributed by atoms with Crippen LogP contribution in [-0.4, -0.2) is 38.0 Å². The summed E-state index contributed by atoms with van der Waals surface area (Å²) in [6.45, 7) is 6.19. The Morgan fingerprint density at radius 3 is 2.21 bits per heavy atom. The highest BCUT2D eigenvalue weighted by Crippen LogP contribution is 2.29. The van der Waals surface area contributed by atoms with Gasteiger partial charge in [0.05, 0.1) is 13.2 Å². The Kier molecular flexibility index (Phi) is 15.0. The third-order valence-corrected chi connectivity index (χ3v) is 3.96. The molecule has 0 bridgehead atoms. The number of benzene rings is 2. The zero-order valence-electron chi connectivity index (χ0n) is 15.9. The molecule has 0 aliphatic carbocycles. The molecular formula is C20H29Cl3N2O3. The largest absolute Gasteiger partial charge is 0.490 e. The number of hydrogen-bond donors (Lipinski definition) is 3. The molecule has 0 saturated heterocycles. The van der Waals surface area contributed by atoms with Crippen LogP contribution in [0.3, 0.4) is 0 Å². The molecular weight excluding hydrogens is 423 g/mol. The second kappa shape index (κ2) is 15.7. The molecule has 2 aromatic carbocycles. The Bertz CT molecular complexity index is 658. The molecule has 0 amide bonds. The summed E-state index contributed by atoms with van der Waals surface area (Å²) in [5.74, 6) is 1.48. The number of nitrogens with one attached hydrogen (secondary N) is 2. The average Bonchev–Trinajstić information content (AvgIpc) is 2.65. The van der Waals surface area contributed by atoms with Gasteiger partial charge < -0.3 is 25.2 Å². The SMILES string of the molecule is CCOc1cc(CNCCNCCO)ccc1OCc1ccc(Cl)cc1.Cl.Cl. The van der Waals surface area contributed by atoms with Gasteiger partial charge in [0.2, 0.25) is 0 Å². The van der Waals surface area contributed by atoms with Gasteiger partial charge in [-0.3, -0.25) is 0 Å². The molecule has 0 spiro atoms. The molecule has 0 aromatic heterocycles. The van der Waals surface area contributed by atoms with Crippen molar-refractivity contribution in [3.63, 3.8) is 0 Å². The first-order chi connectivity index (χ1) is 12.7. The molecule has 2 rings (SSSR count). The number of rotatable bonds is 12. The van der Waals surface area contributed by atoms with Crippen LogP contribution in [-0.2, 0) is 13.2 Å². The van der Waals surface area contributed by atoms with Crippen LogP contribution < -0.4 is 20.1 Å². The number of ether oxygens (including phenoxy) is 2. The van der Waals surface area contributed by atoms with E-state index in [1.165, 1.54) is 0 Å². The van der Waals surface area contributed by atoms with Gasteiger partial charge in [0, 0.05) is 31.2 Å². The summed E-state index contributed by atoms with van der Waals surface area (Å²) in [5.41, 5.74) is 2.19. The van der Waals surface area contributed by atoms with Crippen molar-refractivity contribution in [2.24, 2.45) is 0 Å². The van der Waals surface area contributed by atoms with Crippen LogP contribution in [0.25, 0.3) is 0 Å². The van der Waals surface area contributed by atoms with Crippen molar-refractivity contribution >= 4 is 36.4 Å². The molecule has 5 nitrogen and oxygen atoms in total. The predicted molar refractivity (Wildman–Crippen MR) is 120 cm³/mol. The molecule has 0 fully saturated rings. The van der Waals surface area contributed by atoms with Crippen molar-refractivity contribution in [3.8, 4) is 11.5 Å². The third-order valence-electron chi connectivity index (χ3n) is 3.71. The lowest BCUT2D eigenvalue weighted by molar-refractivity contribution is 0.269. The molecule has 0 heterocycles. The van der Waals surface area contributed by atoms with E-state index in [4.69, 9.17) is 26.2 Å². The first-order valence-corrected chi connectivity index (χ1v) is 9.26. The minimum absolute atomic E-state index is 0. The highest BCUT2D eigenvalue weighted by molar-refractivity contribution is 6.30. The van der Waals surface area contributed by atoms with Crippen LogP contribution in [0.1, 0.15) is 18.1 Å². The van der Waals surface area contributed by atoms with E-state index in [-0.39, 0.29) is 31.4 Å². The number of aliphatic hydroxyl groups is 1. The summed E-state index contributed by atoms with van der Waals surface area (Å²) < 4.78 is 11.6. The molecule has 28 heavy (non-hydrogen) atoms. The van der Waals surface area contributed by atoms with Crippen LogP contribution in [0.4, 0.5) is 0 Å². The Labute approximate surface area is 184 Å². The Morgan fingerprint density at radius 1 is 0.857 bits per heavy atom. The van der Waals surface area contributed by atoms with Crippen molar-refractivity contribution in [1.29, 1.82) is 0 Å². The molecule has 0 aliphatic heterocycles. The molecule has 158 valence electrons. The maximum absolute atomic E-state index is 8.72. The van der Waals surface area contributed by atoms with Crippen molar-refractivity contribution in [1.82, 2.24) is 10.6 Å². The van der Waals surface area contributed by atoms with Gasteiger partial charge in [-0.1, -0.05) is 29.8 Å². The van der Waals surface area contributed by atoms with Crippen molar-refractivity contribution in [3.05, 3.63) is 58.6 Å². The van der Waals surface area contributed by atoms with Gasteiger partial charge in [-0.15, -0.1) is 24.8 Å². The van der Waals surface area contributed by atoms with E-state index in [0.717, 1.165) is 42.3 Å². The van der Waals surface area contributed by atoms with Gasteiger partial charge in [0.25, 0.3) is 0 Å². The van der Waals surface area contributed by atoms with Gasteiger partial charge in [0.1, 0.15) is 6.61 Å². The molecule has 0 saturated carbocycles. The average molecular weight is 452 g/mol. The Hall–Kier alpha value is -1.21. The fourth-order valence-electron chi connectivity index (χ4n) is 2.41. The van der Waals surface area contributed by atoms with Crippen LogP contribution in [0.5, 0.6) is 11.5 Å². The van der Waals surface area contributed by atoms with Gasteiger partial charge >= 0.3 is 0 Å². The fraction of sp³-hybridized carbons (Fsp3) is 0.400. The molecule has 3 N–H and O–H groups in total. The number of hydrogen-bond acceptors (Lipinski definition) is 5. The van der Waals surface area contributed by atoms with E-state index in [1.54, 1.807) is 0 Å². The van der Waals surface area contributed by atoms with E-state index in [9.17, 15) is 0 Å². The van der Waals surface area contributed by atoms with Crippen LogP contribution in [0.15, 0.2) is 42.5 Å². The minimum atomic E-state index is 0. The maximum atomic E-state index is 8.72. The highest BCUT2D eigenvalue weighted by atomic mass is 35.5. The van der Waals surface area contributed by atoms with E-state index in [0.29, 0.717) is 24.8 Å². The summed E-state index contributed by atoms with van der Waals surface area (Å²) in [6.07, 6.45) is 0. The van der Waals surface area contributed by atoms with E-state index >= 15 is 0 Å². The first-order valence-electron chi connectivity index (χ1n) is 8.88. The second-order valence-corrected chi connectivity index (χ2v) is 6.22. The normalized spacial score (nSPS) is 9.96. The maximum Gasteiger partial charge on any atom is 0.161 e. The smallest absolute Gasteiger partial charge is 0.161 e. The van der Waals surface area contributed by atoms with E-state index in [1.807, 2.05) is 49.4 Å². The molecule has 0 unspecified atom stereocenters. The van der Waals surface area contributed by atoms with Crippen molar-refractivity contribution in [2.45, 2.75) is 20.1 Å². The quantitative estimate of drug-likeness (QED) is 0.428. The lowest BCUT2D eigenvalue weighted by atomic mass is 10.2. The molecule has 2 aromatic rings. The highest BCUT2D eigenvalue weighted by Gasteiger charge is 2.07. The zero-order valence-corrected chi connectivity index (χ0v) is 18.3. The summed E-state index contributed by atoms with van der Waals surface area (Å²) in [7, 11) is 0.